The maximum atomic E-state index is 3.29. The summed E-state index contributed by atoms with van der Waals surface area (Å²) in [5, 5.41) is 7.04. The minimum atomic E-state index is -1.02. The Balaban J connectivity index is 0.000000353. The molecule has 1 aliphatic rings. The van der Waals surface area contributed by atoms with E-state index in [4.69, 9.17) is 0 Å². The van der Waals surface area contributed by atoms with Gasteiger partial charge in [0.05, 0.1) is 0 Å². The van der Waals surface area contributed by atoms with E-state index >= 15 is 0 Å². The third-order valence-electron chi connectivity index (χ3n) is 7.42. The van der Waals surface area contributed by atoms with Gasteiger partial charge in [0, 0.05) is 0 Å². The Morgan fingerprint density at radius 2 is 1.26 bits per heavy atom. The van der Waals surface area contributed by atoms with Crippen LogP contribution in [0, 0.1) is 12.0 Å². The van der Waals surface area contributed by atoms with Crippen LogP contribution in [-0.4, -0.2) is 11.8 Å². The van der Waals surface area contributed by atoms with Crippen molar-refractivity contribution in [2.75, 3.05) is 0 Å². The van der Waals surface area contributed by atoms with Crippen LogP contribution in [0.3, 0.4) is 0 Å². The van der Waals surface area contributed by atoms with Gasteiger partial charge < -0.3 is 24.8 Å². The molecule has 42 heavy (non-hydrogen) atoms. The van der Waals surface area contributed by atoms with Gasteiger partial charge >= 0.3 is 70.3 Å². The molecule has 4 aromatic rings. The molecule has 0 aliphatic heterocycles. The van der Waals surface area contributed by atoms with Gasteiger partial charge in [-0.2, -0.15) is 6.08 Å². The van der Waals surface area contributed by atoms with E-state index in [2.05, 4.69) is 157 Å². The monoisotopic (exact) mass is 692 g/mol. The Kier molecular flexibility index (Phi) is 14.7. The van der Waals surface area contributed by atoms with Crippen LogP contribution in [0.5, 0.6) is 0 Å². The SMILES string of the molecule is CC(C)(C)c1ccc2[cH-]c3ccc(C(C)(C)C)cc3c2c1.CC1[C-]=CC([Si](C)(C)C)=C1.[Cl-].[Cl-].[Zr+2]=[CH]Cc1ccccc1. The number of halogens is 2. The molecular formula is C38H48Cl2SiZr-2. The molecule has 0 radical (unpaired) electrons. The van der Waals surface area contributed by atoms with Crippen LogP contribution in [0.4, 0.5) is 0 Å². The molecule has 0 spiro atoms. The van der Waals surface area contributed by atoms with E-state index < -0.39 is 8.07 Å². The van der Waals surface area contributed by atoms with Crippen molar-refractivity contribution in [3.8, 4) is 0 Å². The first-order chi connectivity index (χ1) is 18.6. The molecule has 0 fully saturated rings. The zero-order valence-corrected chi connectivity index (χ0v) is 32.2. The Morgan fingerprint density at radius 3 is 1.60 bits per heavy atom. The summed E-state index contributed by atoms with van der Waals surface area (Å²) >= 11 is 1.51. The molecule has 1 unspecified atom stereocenters. The Morgan fingerprint density at radius 1 is 0.786 bits per heavy atom. The Hall–Kier alpha value is -1.44. The zero-order valence-electron chi connectivity index (χ0n) is 27.2. The van der Waals surface area contributed by atoms with Crippen molar-refractivity contribution in [3.05, 3.63) is 113 Å². The fraction of sp³-hybridized carbons (Fsp3) is 0.368. The van der Waals surface area contributed by atoms with E-state index in [9.17, 15) is 0 Å². The van der Waals surface area contributed by atoms with Crippen LogP contribution >= 0.6 is 0 Å². The molecule has 5 rings (SSSR count). The summed E-state index contributed by atoms with van der Waals surface area (Å²) in [7, 11) is -1.02. The fourth-order valence-corrected chi connectivity index (χ4v) is 6.56. The van der Waals surface area contributed by atoms with Crippen molar-refractivity contribution in [3.63, 3.8) is 0 Å². The second kappa shape index (κ2) is 16.0. The summed E-state index contributed by atoms with van der Waals surface area (Å²) in [6, 6.07) is 26.7. The molecule has 0 aromatic heterocycles. The molecule has 0 saturated heterocycles. The quantitative estimate of drug-likeness (QED) is 0.216. The maximum absolute atomic E-state index is 3.29. The minimum absolute atomic E-state index is 0. The number of hydrogen-bond donors (Lipinski definition) is 0. The van der Waals surface area contributed by atoms with Crippen molar-refractivity contribution in [2.45, 2.75) is 85.4 Å². The molecule has 0 nitrogen and oxygen atoms in total. The summed E-state index contributed by atoms with van der Waals surface area (Å²) in [5.74, 6) is 0.557. The van der Waals surface area contributed by atoms with Crippen molar-refractivity contribution in [1.82, 2.24) is 0 Å². The van der Waals surface area contributed by atoms with E-state index in [1.165, 1.54) is 62.5 Å². The molecule has 0 bridgehead atoms. The van der Waals surface area contributed by atoms with Gasteiger partial charge in [0.25, 0.3) is 0 Å². The summed E-state index contributed by atoms with van der Waals surface area (Å²) in [6.07, 6.45) is 8.93. The van der Waals surface area contributed by atoms with E-state index in [1.807, 2.05) is 6.07 Å². The average Bonchev–Trinajstić information content (AvgIpc) is 3.47. The molecule has 0 heterocycles. The van der Waals surface area contributed by atoms with Gasteiger partial charge in [0.1, 0.15) is 0 Å². The third-order valence-corrected chi connectivity index (χ3v) is 9.96. The van der Waals surface area contributed by atoms with Gasteiger partial charge in [0.15, 0.2) is 0 Å². The number of hydrogen-bond acceptors (Lipinski definition) is 0. The first kappa shape index (κ1) is 38.6. The average molecular weight is 695 g/mol. The number of fused-ring (bicyclic) bond motifs is 3. The number of benzene rings is 3. The van der Waals surface area contributed by atoms with Crippen molar-refractivity contribution in [1.29, 1.82) is 0 Å². The van der Waals surface area contributed by atoms with Crippen LogP contribution in [0.15, 0.2) is 90.1 Å². The van der Waals surface area contributed by atoms with Crippen LogP contribution in [-0.2, 0) is 41.5 Å². The van der Waals surface area contributed by atoms with Gasteiger partial charge in [0.2, 0.25) is 0 Å². The Labute approximate surface area is 284 Å². The van der Waals surface area contributed by atoms with E-state index in [-0.39, 0.29) is 35.6 Å². The van der Waals surface area contributed by atoms with Crippen molar-refractivity contribution in [2.24, 2.45) is 5.92 Å². The summed E-state index contributed by atoms with van der Waals surface area (Å²) in [5.41, 5.74) is 4.61. The fourth-order valence-electron chi connectivity index (χ4n) is 4.72. The first-order valence-electron chi connectivity index (χ1n) is 14.6. The van der Waals surface area contributed by atoms with Gasteiger partial charge in [-0.3, -0.25) is 6.08 Å². The summed E-state index contributed by atoms with van der Waals surface area (Å²) in [4.78, 5) is 0. The van der Waals surface area contributed by atoms with Crippen LogP contribution in [0.1, 0.15) is 65.2 Å². The predicted molar refractivity (Wildman–Crippen MR) is 179 cm³/mol. The van der Waals surface area contributed by atoms with Gasteiger partial charge in [-0.15, -0.1) is 39.7 Å². The van der Waals surface area contributed by atoms with Gasteiger partial charge in [-0.05, 0) is 18.9 Å². The van der Waals surface area contributed by atoms with E-state index in [0.717, 1.165) is 6.42 Å². The van der Waals surface area contributed by atoms with Gasteiger partial charge in [-0.1, -0.05) is 109 Å². The first-order valence-corrected chi connectivity index (χ1v) is 19.5. The van der Waals surface area contributed by atoms with Crippen molar-refractivity contribution >= 4 is 33.3 Å². The summed E-state index contributed by atoms with van der Waals surface area (Å²) < 4.78 is 2.25. The standard InChI is InChI=1S/C21H25.C9H15Si.C8H8.2ClH.Zr/c1-20(2,3)16-9-7-14-11-15-8-10-17(21(4,5)6)13-19(15)18(14)12-16;1-8-5-6-9(7-8)10(2,3)4;1-2-8-6-4-3-5-7-8;;;/h7-13H,1-6H3;6-8H,1-4H3;1,3-7H,2H2;2*1H;/q2*-1;;;;+2/p-2. The Bertz CT molecular complexity index is 1420. The zero-order chi connectivity index (χ0) is 29.7. The molecule has 1 aliphatic carbocycles. The second-order valence-corrected chi connectivity index (χ2v) is 20.2. The molecule has 1 atom stereocenters. The molecule has 4 aromatic carbocycles. The predicted octanol–water partition coefficient (Wildman–Crippen LogP) is 4.69. The topological polar surface area (TPSA) is 0 Å². The summed E-state index contributed by atoms with van der Waals surface area (Å²) in [6.45, 7) is 23.0. The molecule has 0 saturated carbocycles. The van der Waals surface area contributed by atoms with E-state index in [0.29, 0.717) is 5.92 Å². The van der Waals surface area contributed by atoms with Crippen LogP contribution in [0.25, 0.3) is 21.5 Å². The van der Waals surface area contributed by atoms with Crippen LogP contribution in [0.2, 0.25) is 19.6 Å². The molecule has 0 amide bonds. The van der Waals surface area contributed by atoms with Gasteiger partial charge in [-0.25, -0.2) is 11.3 Å². The second-order valence-electron chi connectivity index (χ2n) is 14.1. The number of rotatable bonds is 3. The van der Waals surface area contributed by atoms with E-state index in [1.54, 1.807) is 5.20 Å². The third kappa shape index (κ3) is 10.9. The molecule has 224 valence electrons. The molecule has 0 N–H and O–H groups in total. The molecule has 4 heteroatoms. The van der Waals surface area contributed by atoms with Crippen molar-refractivity contribution < 1.29 is 49.0 Å². The number of allylic oxidation sites excluding steroid dienone is 4. The molecular weight excluding hydrogens is 647 g/mol. The normalized spacial score (nSPS) is 14.6. The van der Waals surface area contributed by atoms with Crippen LogP contribution < -0.4 is 24.8 Å².